The Morgan fingerprint density at radius 1 is 1.67 bits per heavy atom. The highest BCUT2D eigenvalue weighted by molar-refractivity contribution is 6.30. The van der Waals surface area contributed by atoms with Crippen molar-refractivity contribution in [1.29, 1.82) is 0 Å². The summed E-state index contributed by atoms with van der Waals surface area (Å²) >= 11 is 10.9. The minimum absolute atomic E-state index is 0.0255. The summed E-state index contributed by atoms with van der Waals surface area (Å²) in [7, 11) is 0. The van der Waals surface area contributed by atoms with E-state index in [1.54, 1.807) is 0 Å². The summed E-state index contributed by atoms with van der Waals surface area (Å²) in [6.45, 7) is 0. The number of aliphatic hydroxyl groups is 1. The van der Waals surface area contributed by atoms with Gasteiger partial charge in [0.05, 0.1) is 17.0 Å². The molecule has 66 valence electrons. The van der Waals surface area contributed by atoms with Crippen LogP contribution in [-0.4, -0.2) is 16.0 Å². The fourth-order valence-corrected chi connectivity index (χ4v) is 1.09. The molecule has 5 heteroatoms. The van der Waals surface area contributed by atoms with Crippen LogP contribution in [0.2, 0.25) is 5.02 Å². The molecule has 0 spiro atoms. The third-order valence-corrected chi connectivity index (χ3v) is 1.84. The first-order chi connectivity index (χ1) is 5.65. The van der Waals surface area contributed by atoms with Gasteiger partial charge < -0.3 is 5.11 Å². The van der Waals surface area contributed by atoms with E-state index in [9.17, 15) is 4.39 Å². The van der Waals surface area contributed by atoms with E-state index in [-0.39, 0.29) is 16.5 Å². The summed E-state index contributed by atoms with van der Waals surface area (Å²) < 4.78 is 12.8. The van der Waals surface area contributed by atoms with Gasteiger partial charge in [-0.1, -0.05) is 11.6 Å². The molecule has 0 aliphatic rings. The Morgan fingerprint density at radius 3 is 2.92 bits per heavy atom. The first-order valence-electron chi connectivity index (χ1n) is 3.20. The Balaban J connectivity index is 3.04. The number of alkyl halides is 1. The van der Waals surface area contributed by atoms with E-state index in [0.29, 0.717) is 0 Å². The fourth-order valence-electron chi connectivity index (χ4n) is 0.755. The van der Waals surface area contributed by atoms with Gasteiger partial charge in [-0.15, -0.1) is 11.6 Å². The summed E-state index contributed by atoms with van der Waals surface area (Å²) in [5.74, 6) is -0.827. The molecule has 1 heterocycles. The average Bonchev–Trinajstić information content (AvgIpc) is 2.08. The smallest absolute Gasteiger partial charge is 0.218 e. The molecular weight excluding hydrogens is 204 g/mol. The van der Waals surface area contributed by atoms with Gasteiger partial charge >= 0.3 is 0 Å². The van der Waals surface area contributed by atoms with Crippen molar-refractivity contribution in [2.45, 2.75) is 6.10 Å². The molecule has 0 saturated carbocycles. The zero-order valence-corrected chi connectivity index (χ0v) is 7.48. The highest BCUT2D eigenvalue weighted by Gasteiger charge is 2.12. The number of aromatic nitrogens is 1. The number of halogens is 3. The normalized spacial score (nSPS) is 13.0. The number of rotatable bonds is 2. The lowest BCUT2D eigenvalue weighted by atomic mass is 10.2. The van der Waals surface area contributed by atoms with Crippen molar-refractivity contribution in [2.24, 2.45) is 0 Å². The molecule has 0 bridgehead atoms. The summed E-state index contributed by atoms with van der Waals surface area (Å²) in [6.07, 6.45) is 0.110. The van der Waals surface area contributed by atoms with Crippen molar-refractivity contribution in [3.63, 3.8) is 0 Å². The van der Waals surface area contributed by atoms with Gasteiger partial charge in [0, 0.05) is 11.8 Å². The third kappa shape index (κ3) is 2.06. The fraction of sp³-hybridized carbons (Fsp3) is 0.286. The lowest BCUT2D eigenvalue weighted by Crippen LogP contribution is -2.03. The zero-order valence-electron chi connectivity index (χ0n) is 5.97. The van der Waals surface area contributed by atoms with Gasteiger partial charge in [0.25, 0.3) is 0 Å². The number of aliphatic hydroxyl groups excluding tert-OH is 1. The van der Waals surface area contributed by atoms with E-state index in [1.807, 2.05) is 0 Å². The van der Waals surface area contributed by atoms with Gasteiger partial charge in [-0.3, -0.25) is 0 Å². The lowest BCUT2D eigenvalue weighted by Gasteiger charge is -2.06. The molecule has 0 amide bonds. The second kappa shape index (κ2) is 4.03. The van der Waals surface area contributed by atoms with E-state index >= 15 is 0 Å². The molecule has 1 N–H and O–H groups in total. The number of nitrogens with zero attached hydrogens (tertiary/aromatic N) is 1. The zero-order chi connectivity index (χ0) is 9.14. The van der Waals surface area contributed by atoms with Gasteiger partial charge in [-0.05, 0) is 6.07 Å². The summed E-state index contributed by atoms with van der Waals surface area (Å²) in [5, 5.41) is 9.44. The number of pyridine rings is 1. The number of hydrogen-bond acceptors (Lipinski definition) is 2. The van der Waals surface area contributed by atoms with Crippen LogP contribution in [0.1, 0.15) is 11.7 Å². The molecule has 12 heavy (non-hydrogen) atoms. The van der Waals surface area contributed by atoms with Crippen molar-refractivity contribution in [3.05, 3.63) is 28.8 Å². The van der Waals surface area contributed by atoms with Crippen LogP contribution in [0.15, 0.2) is 12.3 Å². The Labute approximate surface area is 78.9 Å². The maximum absolute atomic E-state index is 12.8. The van der Waals surface area contributed by atoms with Gasteiger partial charge in [0.1, 0.15) is 0 Å². The molecule has 1 aromatic heterocycles. The van der Waals surface area contributed by atoms with Crippen molar-refractivity contribution in [3.8, 4) is 0 Å². The molecule has 2 nitrogen and oxygen atoms in total. The largest absolute Gasteiger partial charge is 0.387 e. The molecule has 0 aliphatic carbocycles. The van der Waals surface area contributed by atoms with Crippen LogP contribution in [0.25, 0.3) is 0 Å². The number of hydrogen-bond donors (Lipinski definition) is 1. The van der Waals surface area contributed by atoms with Crippen molar-refractivity contribution in [1.82, 2.24) is 4.98 Å². The maximum atomic E-state index is 12.8. The van der Waals surface area contributed by atoms with E-state index in [0.717, 1.165) is 0 Å². The van der Waals surface area contributed by atoms with E-state index in [1.165, 1.54) is 12.3 Å². The van der Waals surface area contributed by atoms with Gasteiger partial charge in [0.15, 0.2) is 0 Å². The maximum Gasteiger partial charge on any atom is 0.218 e. The lowest BCUT2D eigenvalue weighted by molar-refractivity contribution is 0.196. The average molecular weight is 210 g/mol. The summed E-state index contributed by atoms with van der Waals surface area (Å²) in [4.78, 5) is 3.33. The molecule has 1 unspecified atom stereocenters. The Kier molecular flexibility index (Phi) is 3.26. The van der Waals surface area contributed by atoms with Crippen LogP contribution < -0.4 is 0 Å². The monoisotopic (exact) mass is 209 g/mol. The predicted molar refractivity (Wildman–Crippen MR) is 44.9 cm³/mol. The first-order valence-corrected chi connectivity index (χ1v) is 4.11. The van der Waals surface area contributed by atoms with Gasteiger partial charge in [-0.25, -0.2) is 4.98 Å². The highest BCUT2D eigenvalue weighted by Crippen LogP contribution is 2.19. The second-order valence-corrected chi connectivity index (χ2v) is 2.95. The minimum atomic E-state index is -1.06. The van der Waals surface area contributed by atoms with Crippen molar-refractivity contribution in [2.75, 3.05) is 5.88 Å². The second-order valence-electron chi connectivity index (χ2n) is 2.20. The molecule has 1 atom stereocenters. The molecule has 0 aliphatic heterocycles. The van der Waals surface area contributed by atoms with Crippen LogP contribution in [0, 0.1) is 5.95 Å². The molecule has 0 fully saturated rings. The summed E-state index contributed by atoms with van der Waals surface area (Å²) in [6, 6.07) is 1.30. The van der Waals surface area contributed by atoms with Crippen molar-refractivity contribution < 1.29 is 9.50 Å². The van der Waals surface area contributed by atoms with Crippen molar-refractivity contribution >= 4 is 23.2 Å². The third-order valence-electron chi connectivity index (χ3n) is 1.34. The summed E-state index contributed by atoms with van der Waals surface area (Å²) in [5.41, 5.74) is 0.0255. The molecular formula is C7H6Cl2FNO. The van der Waals surface area contributed by atoms with E-state index < -0.39 is 12.1 Å². The standard InChI is InChI=1S/C7H6Cl2FNO/c8-2-6(12)5-1-4(9)3-11-7(5)10/h1,3,6,12H,2H2. The Hall–Kier alpha value is -0.380. The highest BCUT2D eigenvalue weighted by atomic mass is 35.5. The van der Waals surface area contributed by atoms with Gasteiger partial charge in [0.2, 0.25) is 5.95 Å². The van der Waals surface area contributed by atoms with E-state index in [4.69, 9.17) is 28.3 Å². The topological polar surface area (TPSA) is 33.1 Å². The van der Waals surface area contributed by atoms with Crippen LogP contribution in [0.4, 0.5) is 4.39 Å². The van der Waals surface area contributed by atoms with Crippen LogP contribution in [0.3, 0.4) is 0 Å². The Bertz CT molecular complexity index is 282. The van der Waals surface area contributed by atoms with E-state index in [2.05, 4.69) is 4.98 Å². The molecule has 0 aromatic carbocycles. The van der Waals surface area contributed by atoms with Crippen LogP contribution in [-0.2, 0) is 0 Å². The van der Waals surface area contributed by atoms with Gasteiger partial charge in [-0.2, -0.15) is 4.39 Å². The minimum Gasteiger partial charge on any atom is -0.387 e. The Morgan fingerprint density at radius 2 is 2.33 bits per heavy atom. The molecule has 1 aromatic rings. The first kappa shape index (κ1) is 9.71. The van der Waals surface area contributed by atoms with Crippen LogP contribution >= 0.6 is 23.2 Å². The SMILES string of the molecule is OC(CCl)c1cc(Cl)cnc1F. The molecule has 0 radical (unpaired) electrons. The quantitative estimate of drug-likeness (QED) is 0.599. The molecule has 0 saturated heterocycles. The van der Waals surface area contributed by atoms with Crippen LogP contribution in [0.5, 0.6) is 0 Å². The molecule has 1 rings (SSSR count). The predicted octanol–water partition coefficient (Wildman–Crippen LogP) is 2.15.